The highest BCUT2D eigenvalue weighted by molar-refractivity contribution is 6.03. The molecule has 33 heavy (non-hydrogen) atoms. The Kier molecular flexibility index (Phi) is 11.6. The second kappa shape index (κ2) is 14.1. The summed E-state index contributed by atoms with van der Waals surface area (Å²) in [4.78, 5) is 7.26. The Hall–Kier alpha value is -2.20. The van der Waals surface area contributed by atoms with Crippen LogP contribution in [0.1, 0.15) is 72.8 Å². The Morgan fingerprint density at radius 2 is 2.00 bits per heavy atom. The van der Waals surface area contributed by atoms with Gasteiger partial charge in [0.25, 0.3) is 0 Å². The fourth-order valence-corrected chi connectivity index (χ4v) is 4.37. The molecular formula is C29H44FN3. The van der Waals surface area contributed by atoms with E-state index in [1.165, 1.54) is 35.8 Å². The van der Waals surface area contributed by atoms with Gasteiger partial charge in [0.15, 0.2) is 0 Å². The van der Waals surface area contributed by atoms with Crippen molar-refractivity contribution in [2.75, 3.05) is 19.6 Å². The van der Waals surface area contributed by atoms with Crippen LogP contribution in [0, 0.1) is 11.7 Å². The predicted molar refractivity (Wildman–Crippen MR) is 141 cm³/mol. The maximum atomic E-state index is 12.5. The first-order chi connectivity index (χ1) is 15.9. The van der Waals surface area contributed by atoms with Crippen LogP contribution < -0.4 is 5.32 Å². The maximum Gasteiger partial charge on any atom is 0.123 e. The number of allylic oxidation sites excluding steroid dienone is 5. The molecule has 1 aliphatic carbocycles. The van der Waals surface area contributed by atoms with Gasteiger partial charge in [-0.3, -0.25) is 4.99 Å². The van der Waals surface area contributed by atoms with Gasteiger partial charge in [0.1, 0.15) is 5.82 Å². The quantitative estimate of drug-likeness (QED) is 0.337. The molecule has 2 aliphatic rings. The van der Waals surface area contributed by atoms with Crippen molar-refractivity contribution in [2.24, 2.45) is 10.9 Å². The Bertz CT molecular complexity index is 861. The van der Waals surface area contributed by atoms with Crippen LogP contribution in [0.5, 0.6) is 0 Å². The van der Waals surface area contributed by atoms with Crippen LogP contribution in [0.15, 0.2) is 64.5 Å². The first-order valence-corrected chi connectivity index (χ1v) is 12.7. The molecule has 1 atom stereocenters. The van der Waals surface area contributed by atoms with Crippen molar-refractivity contribution in [3.05, 3.63) is 70.8 Å². The lowest BCUT2D eigenvalue weighted by Crippen LogP contribution is -2.48. The van der Waals surface area contributed by atoms with Crippen molar-refractivity contribution < 1.29 is 4.39 Å². The zero-order chi connectivity index (χ0) is 24.2. The van der Waals surface area contributed by atoms with E-state index in [-0.39, 0.29) is 5.82 Å². The molecule has 1 saturated heterocycles. The fraction of sp³-hybridized carbons (Fsp3) is 0.552. The van der Waals surface area contributed by atoms with Gasteiger partial charge in [0.2, 0.25) is 0 Å². The van der Waals surface area contributed by atoms with Gasteiger partial charge in [0, 0.05) is 48.9 Å². The lowest BCUT2D eigenvalue weighted by Gasteiger charge is -2.36. The standard InChI is InChI=1S/C20H33N3.C9H11F/c1-6-8-11-22-16(4)20(19(7-2)18-9-10-18)17(5)23-13-12-21-15(3)14-23;1-2-4-8-5-3-6-9(10)7-8/h7-8,11,15,18,21H,6,9-10,12-14H2,1-5H3;3,5-7H,2,4H2,1H3/b11-8+,19-7-,20-17-,22-16+;. The molecule has 0 aromatic heterocycles. The molecule has 0 amide bonds. The van der Waals surface area contributed by atoms with Crippen LogP contribution >= 0.6 is 0 Å². The molecule has 0 spiro atoms. The van der Waals surface area contributed by atoms with Gasteiger partial charge in [0.05, 0.1) is 0 Å². The molecular weight excluding hydrogens is 409 g/mol. The molecule has 1 aromatic carbocycles. The monoisotopic (exact) mass is 453 g/mol. The van der Waals surface area contributed by atoms with Gasteiger partial charge in [-0.1, -0.05) is 44.6 Å². The van der Waals surface area contributed by atoms with Gasteiger partial charge in [-0.15, -0.1) is 0 Å². The molecule has 3 nitrogen and oxygen atoms in total. The van der Waals surface area contributed by atoms with E-state index >= 15 is 0 Å². The summed E-state index contributed by atoms with van der Waals surface area (Å²) in [6.45, 7) is 16.3. The molecule has 0 radical (unpaired) electrons. The third-order valence-electron chi connectivity index (χ3n) is 6.22. The van der Waals surface area contributed by atoms with Crippen molar-refractivity contribution in [3.8, 4) is 0 Å². The number of aryl methyl sites for hydroxylation is 1. The van der Waals surface area contributed by atoms with Crippen LogP contribution in [-0.2, 0) is 6.42 Å². The number of hydrogen-bond acceptors (Lipinski definition) is 3. The van der Waals surface area contributed by atoms with E-state index in [1.807, 2.05) is 12.3 Å². The molecule has 1 unspecified atom stereocenters. The average Bonchev–Trinajstić information content (AvgIpc) is 3.63. The van der Waals surface area contributed by atoms with Gasteiger partial charge < -0.3 is 10.2 Å². The second-order valence-corrected chi connectivity index (χ2v) is 9.17. The minimum atomic E-state index is -0.133. The van der Waals surface area contributed by atoms with E-state index in [2.05, 4.69) is 63.9 Å². The summed E-state index contributed by atoms with van der Waals surface area (Å²) < 4.78 is 12.5. The maximum absolute atomic E-state index is 12.5. The number of rotatable bonds is 8. The lowest BCUT2D eigenvalue weighted by atomic mass is 9.94. The van der Waals surface area contributed by atoms with Crippen LogP contribution in [0.2, 0.25) is 0 Å². The number of benzene rings is 1. The molecule has 2 fully saturated rings. The topological polar surface area (TPSA) is 27.6 Å². The van der Waals surface area contributed by atoms with Crippen molar-refractivity contribution in [3.63, 3.8) is 0 Å². The molecule has 4 heteroatoms. The fourth-order valence-electron chi connectivity index (χ4n) is 4.37. The van der Waals surface area contributed by atoms with E-state index in [0.717, 1.165) is 56.1 Å². The molecule has 182 valence electrons. The highest BCUT2D eigenvalue weighted by Gasteiger charge is 2.30. The first-order valence-electron chi connectivity index (χ1n) is 12.7. The predicted octanol–water partition coefficient (Wildman–Crippen LogP) is 7.07. The van der Waals surface area contributed by atoms with Crippen molar-refractivity contribution in [2.45, 2.75) is 79.7 Å². The summed E-state index contributed by atoms with van der Waals surface area (Å²) in [6, 6.07) is 7.31. The van der Waals surface area contributed by atoms with E-state index in [4.69, 9.17) is 4.99 Å². The van der Waals surface area contributed by atoms with Crippen molar-refractivity contribution in [1.82, 2.24) is 10.2 Å². The zero-order valence-corrected chi connectivity index (χ0v) is 21.6. The highest BCUT2D eigenvalue weighted by atomic mass is 19.1. The molecule has 1 saturated carbocycles. The van der Waals surface area contributed by atoms with Gasteiger partial charge in [-0.25, -0.2) is 4.39 Å². The molecule has 1 N–H and O–H groups in total. The van der Waals surface area contributed by atoms with E-state index in [1.54, 1.807) is 12.1 Å². The molecule has 1 aromatic rings. The Labute approximate surface area is 201 Å². The van der Waals surface area contributed by atoms with Gasteiger partial charge in [-0.2, -0.15) is 0 Å². The number of aliphatic imine (C=N–C) groups is 1. The molecule has 1 heterocycles. The number of nitrogens with zero attached hydrogens (tertiary/aromatic N) is 2. The van der Waals surface area contributed by atoms with Crippen molar-refractivity contribution in [1.29, 1.82) is 0 Å². The Morgan fingerprint density at radius 3 is 2.58 bits per heavy atom. The summed E-state index contributed by atoms with van der Waals surface area (Å²) in [5.41, 5.74) is 6.51. The summed E-state index contributed by atoms with van der Waals surface area (Å²) in [5, 5.41) is 3.53. The summed E-state index contributed by atoms with van der Waals surface area (Å²) in [5.74, 6) is 0.608. The third-order valence-corrected chi connectivity index (χ3v) is 6.22. The Balaban J connectivity index is 0.000000321. The van der Waals surface area contributed by atoms with Gasteiger partial charge in [-0.05, 0) is 82.6 Å². The summed E-state index contributed by atoms with van der Waals surface area (Å²) in [7, 11) is 0. The number of halogens is 1. The summed E-state index contributed by atoms with van der Waals surface area (Å²) >= 11 is 0. The minimum Gasteiger partial charge on any atom is -0.372 e. The van der Waals surface area contributed by atoms with E-state index in [9.17, 15) is 4.39 Å². The Morgan fingerprint density at radius 1 is 1.24 bits per heavy atom. The average molecular weight is 454 g/mol. The largest absolute Gasteiger partial charge is 0.372 e. The van der Waals surface area contributed by atoms with Gasteiger partial charge >= 0.3 is 0 Å². The third kappa shape index (κ3) is 8.92. The molecule has 0 bridgehead atoms. The summed E-state index contributed by atoms with van der Waals surface area (Å²) in [6.07, 6.45) is 12.1. The van der Waals surface area contributed by atoms with Crippen molar-refractivity contribution >= 4 is 5.71 Å². The first kappa shape index (κ1) is 27.0. The molecule has 1 aliphatic heterocycles. The SMILES string of the molecule is CCCc1cccc(F)c1.C\C=C(C(/C(C)=N/C=C/CC)=C(/C)N1CCNC(C)C1)\C1CC1. The normalized spacial score (nSPS) is 20.5. The highest BCUT2D eigenvalue weighted by Crippen LogP contribution is 2.41. The lowest BCUT2D eigenvalue weighted by molar-refractivity contribution is 0.255. The van der Waals surface area contributed by atoms with E-state index < -0.39 is 0 Å². The zero-order valence-electron chi connectivity index (χ0n) is 21.6. The second-order valence-electron chi connectivity index (χ2n) is 9.17. The molecule has 3 rings (SSSR count). The smallest absolute Gasteiger partial charge is 0.123 e. The van der Waals surface area contributed by atoms with E-state index in [0.29, 0.717) is 6.04 Å². The van der Waals surface area contributed by atoms with Crippen LogP contribution in [0.3, 0.4) is 0 Å². The minimum absolute atomic E-state index is 0.133. The van der Waals surface area contributed by atoms with Crippen LogP contribution in [0.4, 0.5) is 4.39 Å². The van der Waals surface area contributed by atoms with Crippen LogP contribution in [0.25, 0.3) is 0 Å². The number of hydrogen-bond donors (Lipinski definition) is 1. The number of nitrogens with one attached hydrogen (secondary N) is 1. The van der Waals surface area contributed by atoms with Crippen LogP contribution in [-0.4, -0.2) is 36.3 Å². The number of piperazine rings is 1.